The van der Waals surface area contributed by atoms with E-state index in [0.29, 0.717) is 16.9 Å². The number of amides is 1. The topological polar surface area (TPSA) is 112 Å². The van der Waals surface area contributed by atoms with Gasteiger partial charge < -0.3 is 15.8 Å². The summed E-state index contributed by atoms with van der Waals surface area (Å²) in [5, 5.41) is 6.02. The molecule has 1 saturated heterocycles. The molecule has 3 heterocycles. The van der Waals surface area contributed by atoms with Gasteiger partial charge in [-0.3, -0.25) is 9.59 Å². The average molecular weight is 489 g/mol. The minimum atomic E-state index is -4.72. The molecule has 34 heavy (non-hydrogen) atoms. The third-order valence-electron chi connectivity index (χ3n) is 6.78. The standard InChI is InChI=1S/C21H24F5N5O3/c1-34-18(33)19(8-14(21(24,25)26)30-17(19)32)7-11-6-15-29-13(10-31(15)28-9-11)16(27)12-2-4-20(22,23)5-3-12/h6,9-10,12,14,16H,2-5,7-8,27H2,1H3,(H,30,32)/t14-,16-,19?/m0/s1. The van der Waals surface area contributed by atoms with Crippen LogP contribution in [0.2, 0.25) is 0 Å². The molecule has 2 aliphatic rings. The first-order valence-corrected chi connectivity index (χ1v) is 10.8. The highest BCUT2D eigenvalue weighted by atomic mass is 19.4. The van der Waals surface area contributed by atoms with Crippen molar-refractivity contribution in [1.29, 1.82) is 0 Å². The number of nitrogens with zero attached hydrogens (tertiary/aromatic N) is 3. The predicted octanol–water partition coefficient (Wildman–Crippen LogP) is 2.71. The number of halogens is 5. The first-order valence-electron chi connectivity index (χ1n) is 10.8. The smallest absolute Gasteiger partial charge is 0.408 e. The molecule has 3 N–H and O–H groups in total. The number of ether oxygens (including phenoxy) is 1. The van der Waals surface area contributed by atoms with Crippen LogP contribution in [0.4, 0.5) is 22.0 Å². The van der Waals surface area contributed by atoms with Crippen LogP contribution >= 0.6 is 0 Å². The third kappa shape index (κ3) is 4.44. The van der Waals surface area contributed by atoms with Crippen LogP contribution in [0, 0.1) is 11.3 Å². The van der Waals surface area contributed by atoms with Gasteiger partial charge in [0.2, 0.25) is 11.8 Å². The van der Waals surface area contributed by atoms with Crippen LogP contribution in [0.3, 0.4) is 0 Å². The van der Waals surface area contributed by atoms with Crippen LogP contribution in [0.15, 0.2) is 18.5 Å². The van der Waals surface area contributed by atoms with E-state index < -0.39 is 47.9 Å². The maximum absolute atomic E-state index is 13.5. The van der Waals surface area contributed by atoms with E-state index >= 15 is 0 Å². The van der Waals surface area contributed by atoms with Crippen molar-refractivity contribution >= 4 is 17.5 Å². The van der Waals surface area contributed by atoms with Crippen LogP contribution in [-0.2, 0) is 20.7 Å². The number of nitrogens with one attached hydrogen (secondary N) is 1. The summed E-state index contributed by atoms with van der Waals surface area (Å²) in [6.07, 6.45) is -2.95. The van der Waals surface area contributed by atoms with Gasteiger partial charge in [0.15, 0.2) is 11.1 Å². The fourth-order valence-electron chi connectivity index (χ4n) is 4.79. The summed E-state index contributed by atoms with van der Waals surface area (Å²) in [5.41, 5.74) is 5.26. The Morgan fingerprint density at radius 3 is 2.62 bits per heavy atom. The van der Waals surface area contributed by atoms with E-state index in [1.54, 1.807) is 6.20 Å². The van der Waals surface area contributed by atoms with E-state index in [1.165, 1.54) is 16.8 Å². The summed E-state index contributed by atoms with van der Waals surface area (Å²) in [4.78, 5) is 29.4. The Morgan fingerprint density at radius 2 is 2.03 bits per heavy atom. The van der Waals surface area contributed by atoms with Gasteiger partial charge in [-0.05, 0) is 36.8 Å². The molecule has 2 aromatic heterocycles. The van der Waals surface area contributed by atoms with Crippen molar-refractivity contribution in [3.63, 3.8) is 0 Å². The highest BCUT2D eigenvalue weighted by molar-refractivity contribution is 6.04. The monoisotopic (exact) mass is 489 g/mol. The predicted molar refractivity (Wildman–Crippen MR) is 108 cm³/mol. The Hall–Kier alpha value is -2.83. The zero-order valence-corrected chi connectivity index (χ0v) is 18.2. The summed E-state index contributed by atoms with van der Waals surface area (Å²) in [6.45, 7) is 0. The lowest BCUT2D eigenvalue weighted by Gasteiger charge is -2.31. The number of esters is 1. The van der Waals surface area contributed by atoms with E-state index in [4.69, 9.17) is 5.73 Å². The zero-order chi connectivity index (χ0) is 24.9. The Balaban J connectivity index is 1.57. The molecule has 1 saturated carbocycles. The lowest BCUT2D eigenvalue weighted by molar-refractivity contribution is -0.159. The molecule has 13 heteroatoms. The summed E-state index contributed by atoms with van der Waals surface area (Å²) in [7, 11) is 1.00. The van der Waals surface area contributed by atoms with Crippen LogP contribution in [0.5, 0.6) is 0 Å². The van der Waals surface area contributed by atoms with Crippen molar-refractivity contribution in [2.24, 2.45) is 17.1 Å². The SMILES string of the molecule is COC(=O)C1(Cc2cnn3cc([C@@H](N)C4CCC(F)(F)CC4)nc3c2)C[C@@H](C(F)(F)F)NC1=O. The minimum Gasteiger partial charge on any atom is -0.468 e. The van der Waals surface area contributed by atoms with Crippen molar-refractivity contribution < 1.29 is 36.3 Å². The molecule has 3 atom stereocenters. The van der Waals surface area contributed by atoms with Crippen molar-refractivity contribution in [3.05, 3.63) is 29.7 Å². The van der Waals surface area contributed by atoms with E-state index in [-0.39, 0.29) is 38.0 Å². The second-order valence-corrected chi connectivity index (χ2v) is 9.07. The van der Waals surface area contributed by atoms with Crippen LogP contribution < -0.4 is 11.1 Å². The zero-order valence-electron chi connectivity index (χ0n) is 18.2. The van der Waals surface area contributed by atoms with E-state index in [1.807, 2.05) is 5.32 Å². The molecule has 4 rings (SSSR count). The van der Waals surface area contributed by atoms with Crippen molar-refractivity contribution in [2.75, 3.05) is 7.11 Å². The molecule has 0 spiro atoms. The van der Waals surface area contributed by atoms with Crippen LogP contribution in [0.25, 0.3) is 5.65 Å². The van der Waals surface area contributed by atoms with Gasteiger partial charge in [-0.15, -0.1) is 0 Å². The number of alkyl halides is 5. The molecule has 0 radical (unpaired) electrons. The molecule has 2 aromatic rings. The molecule has 1 aliphatic carbocycles. The number of nitrogens with two attached hydrogens (primary N) is 1. The van der Waals surface area contributed by atoms with Gasteiger partial charge in [-0.2, -0.15) is 18.3 Å². The molecule has 0 bridgehead atoms. The van der Waals surface area contributed by atoms with E-state index in [9.17, 15) is 31.5 Å². The molecule has 8 nitrogen and oxygen atoms in total. The molecular formula is C21H24F5N5O3. The minimum absolute atomic E-state index is 0.173. The van der Waals surface area contributed by atoms with Gasteiger partial charge in [0.25, 0.3) is 0 Å². The maximum Gasteiger partial charge on any atom is 0.408 e. The lowest BCUT2D eigenvalue weighted by atomic mass is 9.79. The van der Waals surface area contributed by atoms with Gasteiger partial charge in [0.1, 0.15) is 6.04 Å². The second-order valence-electron chi connectivity index (χ2n) is 9.07. The van der Waals surface area contributed by atoms with E-state index in [2.05, 4.69) is 14.8 Å². The molecule has 2 fully saturated rings. The molecular weight excluding hydrogens is 465 g/mol. The lowest BCUT2D eigenvalue weighted by Crippen LogP contribution is -2.42. The van der Waals surface area contributed by atoms with Gasteiger partial charge >= 0.3 is 12.1 Å². The first-order chi connectivity index (χ1) is 15.8. The van der Waals surface area contributed by atoms with Gasteiger partial charge in [-0.25, -0.2) is 18.3 Å². The van der Waals surface area contributed by atoms with Crippen molar-refractivity contribution in [2.45, 2.75) is 62.7 Å². The number of methoxy groups -OCH3 is 1. The fourth-order valence-corrected chi connectivity index (χ4v) is 4.79. The molecule has 0 aromatic carbocycles. The first kappa shape index (κ1) is 24.3. The summed E-state index contributed by atoms with van der Waals surface area (Å²) >= 11 is 0. The summed E-state index contributed by atoms with van der Waals surface area (Å²) in [5.74, 6) is -5.00. The third-order valence-corrected chi connectivity index (χ3v) is 6.78. The maximum atomic E-state index is 13.5. The summed E-state index contributed by atoms with van der Waals surface area (Å²) in [6, 6.07) is -1.26. The number of imidazole rings is 1. The van der Waals surface area contributed by atoms with Gasteiger partial charge in [0, 0.05) is 19.3 Å². The largest absolute Gasteiger partial charge is 0.468 e. The average Bonchev–Trinajstić information content (AvgIpc) is 3.34. The quantitative estimate of drug-likeness (QED) is 0.380. The number of hydrogen-bond acceptors (Lipinski definition) is 6. The Bertz CT molecular complexity index is 1090. The van der Waals surface area contributed by atoms with Crippen molar-refractivity contribution in [3.8, 4) is 0 Å². The molecule has 1 aliphatic heterocycles. The fraction of sp³-hybridized carbons (Fsp3) is 0.619. The normalized spacial score (nSPS) is 26.4. The highest BCUT2D eigenvalue weighted by Crippen LogP contribution is 2.42. The molecule has 1 amide bonds. The highest BCUT2D eigenvalue weighted by Gasteiger charge is 2.60. The number of carbonyl (C=O) groups is 2. The summed E-state index contributed by atoms with van der Waals surface area (Å²) < 4.78 is 72.6. The van der Waals surface area contributed by atoms with Crippen molar-refractivity contribution in [1.82, 2.24) is 19.9 Å². The number of carbonyl (C=O) groups excluding carboxylic acids is 2. The number of rotatable bonds is 5. The Labute approximate surface area is 191 Å². The second kappa shape index (κ2) is 8.43. The number of aromatic nitrogens is 3. The Morgan fingerprint density at radius 1 is 1.35 bits per heavy atom. The van der Waals surface area contributed by atoms with E-state index in [0.717, 1.165) is 7.11 Å². The Kier molecular flexibility index (Phi) is 6.03. The molecule has 1 unspecified atom stereocenters. The number of fused-ring (bicyclic) bond motifs is 1. The molecule has 186 valence electrons. The number of hydrogen-bond donors (Lipinski definition) is 2. The van der Waals surface area contributed by atoms with Crippen LogP contribution in [0.1, 0.15) is 49.4 Å². The van der Waals surface area contributed by atoms with Gasteiger partial charge in [0.05, 0.1) is 31.2 Å². The van der Waals surface area contributed by atoms with Crippen LogP contribution in [-0.4, -0.2) is 51.7 Å². The van der Waals surface area contributed by atoms with Gasteiger partial charge in [-0.1, -0.05) is 0 Å².